The van der Waals surface area contributed by atoms with Crippen LogP contribution in [0.1, 0.15) is 69.8 Å². The number of hydrogen-bond acceptors (Lipinski definition) is 4. The summed E-state index contributed by atoms with van der Waals surface area (Å²) in [5, 5.41) is 0. The summed E-state index contributed by atoms with van der Waals surface area (Å²) >= 11 is 0. The summed E-state index contributed by atoms with van der Waals surface area (Å²) in [6.45, 7) is 2.24. The van der Waals surface area contributed by atoms with Crippen molar-refractivity contribution in [2.75, 3.05) is 13.7 Å². The number of unbranched alkanes of at least 4 members (excludes halogenated alkanes) is 6. The van der Waals surface area contributed by atoms with E-state index >= 15 is 0 Å². The van der Waals surface area contributed by atoms with Crippen LogP contribution in [0.4, 0.5) is 0 Å². The highest BCUT2D eigenvalue weighted by Gasteiger charge is 2.23. The number of carbonyl (C=O) groups excluding carboxylic acids is 2. The van der Waals surface area contributed by atoms with Crippen LogP contribution in [0.15, 0.2) is 30.3 Å². The van der Waals surface area contributed by atoms with Crippen LogP contribution < -0.4 is 0 Å². The van der Waals surface area contributed by atoms with E-state index in [1.165, 1.54) is 39.2 Å². The number of rotatable bonds is 12. The minimum absolute atomic E-state index is 0.0337. The Morgan fingerprint density at radius 2 is 1.58 bits per heavy atom. The van der Waals surface area contributed by atoms with E-state index in [2.05, 4.69) is 6.92 Å². The number of hydrogen-bond donors (Lipinski definition) is 0. The van der Waals surface area contributed by atoms with Crippen LogP contribution in [0.25, 0.3) is 0 Å². The quantitative estimate of drug-likeness (QED) is 0.413. The van der Waals surface area contributed by atoms with E-state index in [0.717, 1.165) is 18.4 Å². The van der Waals surface area contributed by atoms with Crippen LogP contribution in [0.3, 0.4) is 0 Å². The van der Waals surface area contributed by atoms with Gasteiger partial charge in [-0.15, -0.1) is 0 Å². The van der Waals surface area contributed by atoms with Crippen molar-refractivity contribution in [3.05, 3.63) is 35.9 Å². The van der Waals surface area contributed by atoms with Gasteiger partial charge in [-0.3, -0.25) is 9.59 Å². The third kappa shape index (κ3) is 8.14. The molecule has 0 heterocycles. The van der Waals surface area contributed by atoms with Crippen molar-refractivity contribution in [2.24, 2.45) is 0 Å². The first-order valence-electron chi connectivity index (χ1n) is 8.97. The van der Waals surface area contributed by atoms with E-state index in [-0.39, 0.29) is 18.5 Å². The van der Waals surface area contributed by atoms with E-state index in [0.29, 0.717) is 6.42 Å². The summed E-state index contributed by atoms with van der Waals surface area (Å²) in [4.78, 5) is 23.7. The Kier molecular flexibility index (Phi) is 10.6. The van der Waals surface area contributed by atoms with Gasteiger partial charge in [-0.25, -0.2) is 0 Å². The van der Waals surface area contributed by atoms with Crippen LogP contribution in [-0.4, -0.2) is 25.7 Å². The van der Waals surface area contributed by atoms with Gasteiger partial charge in [0.25, 0.3) is 0 Å². The Morgan fingerprint density at radius 1 is 0.958 bits per heavy atom. The maximum Gasteiger partial charge on any atom is 0.316 e. The molecule has 0 saturated carbocycles. The second-order valence-corrected chi connectivity index (χ2v) is 6.04. The fourth-order valence-electron chi connectivity index (χ4n) is 2.60. The minimum Gasteiger partial charge on any atom is -0.468 e. The molecule has 0 spiro atoms. The lowest BCUT2D eigenvalue weighted by atomic mass is 10.0. The van der Waals surface area contributed by atoms with Crippen molar-refractivity contribution in [3.63, 3.8) is 0 Å². The lowest BCUT2D eigenvalue weighted by Gasteiger charge is -2.15. The van der Waals surface area contributed by atoms with Crippen molar-refractivity contribution in [1.29, 1.82) is 0 Å². The first-order valence-corrected chi connectivity index (χ1v) is 8.97. The molecule has 24 heavy (non-hydrogen) atoms. The van der Waals surface area contributed by atoms with E-state index in [9.17, 15) is 9.59 Å². The fourth-order valence-corrected chi connectivity index (χ4v) is 2.60. The average Bonchev–Trinajstić information content (AvgIpc) is 2.61. The Labute approximate surface area is 145 Å². The van der Waals surface area contributed by atoms with Gasteiger partial charge in [-0.1, -0.05) is 75.8 Å². The minimum atomic E-state index is -0.561. The predicted octanol–water partition coefficient (Wildman–Crippen LogP) is 4.63. The van der Waals surface area contributed by atoms with Crippen molar-refractivity contribution < 1.29 is 19.1 Å². The van der Waals surface area contributed by atoms with Crippen LogP contribution in [-0.2, 0) is 19.1 Å². The first-order chi connectivity index (χ1) is 11.7. The highest BCUT2D eigenvalue weighted by Crippen LogP contribution is 2.18. The van der Waals surface area contributed by atoms with Crippen LogP contribution in [0.2, 0.25) is 0 Å². The standard InChI is InChI=1S/C20H30O4/c1-3-4-5-6-7-8-12-15-19(21)24-16-18(20(22)23-2)17-13-10-9-11-14-17/h9-11,13-14,18H,3-8,12,15-16H2,1-2H3. The molecule has 4 heteroatoms. The van der Waals surface area contributed by atoms with Gasteiger partial charge in [0.15, 0.2) is 0 Å². The predicted molar refractivity (Wildman–Crippen MR) is 94.8 cm³/mol. The smallest absolute Gasteiger partial charge is 0.316 e. The molecule has 134 valence electrons. The molecule has 4 nitrogen and oxygen atoms in total. The van der Waals surface area contributed by atoms with E-state index in [1.807, 2.05) is 30.3 Å². The van der Waals surface area contributed by atoms with Gasteiger partial charge in [-0.2, -0.15) is 0 Å². The number of esters is 2. The molecule has 0 bridgehead atoms. The highest BCUT2D eigenvalue weighted by molar-refractivity contribution is 5.79. The van der Waals surface area contributed by atoms with Gasteiger partial charge in [-0.05, 0) is 12.0 Å². The van der Waals surface area contributed by atoms with Crippen LogP contribution >= 0.6 is 0 Å². The molecular weight excluding hydrogens is 304 g/mol. The summed E-state index contributed by atoms with van der Waals surface area (Å²) in [5.74, 6) is -1.19. The zero-order chi connectivity index (χ0) is 17.6. The number of carbonyl (C=O) groups is 2. The number of benzene rings is 1. The zero-order valence-corrected chi connectivity index (χ0v) is 15.0. The van der Waals surface area contributed by atoms with Crippen LogP contribution in [0, 0.1) is 0 Å². The highest BCUT2D eigenvalue weighted by atomic mass is 16.5. The molecule has 0 aromatic heterocycles. The van der Waals surface area contributed by atoms with Crippen LogP contribution in [0.5, 0.6) is 0 Å². The Bertz CT molecular complexity index is 470. The summed E-state index contributed by atoms with van der Waals surface area (Å²) in [7, 11) is 1.35. The van der Waals surface area contributed by atoms with Gasteiger partial charge in [0.2, 0.25) is 0 Å². The molecule has 1 atom stereocenters. The molecular formula is C20H30O4. The monoisotopic (exact) mass is 334 g/mol. The lowest BCUT2D eigenvalue weighted by molar-refractivity contribution is -0.149. The third-order valence-corrected chi connectivity index (χ3v) is 4.08. The van der Waals surface area contributed by atoms with Gasteiger partial charge in [0.1, 0.15) is 12.5 Å². The molecule has 1 unspecified atom stereocenters. The molecule has 0 aliphatic carbocycles. The average molecular weight is 334 g/mol. The maximum absolute atomic E-state index is 11.9. The third-order valence-electron chi connectivity index (χ3n) is 4.08. The zero-order valence-electron chi connectivity index (χ0n) is 15.0. The summed E-state index contributed by atoms with van der Waals surface area (Å²) in [6, 6.07) is 9.26. The van der Waals surface area contributed by atoms with Gasteiger partial charge >= 0.3 is 11.9 Å². The molecule has 0 N–H and O–H groups in total. The molecule has 0 aliphatic rings. The Hall–Kier alpha value is -1.84. The van der Waals surface area contributed by atoms with Gasteiger partial charge in [0, 0.05) is 6.42 Å². The molecule has 0 saturated heterocycles. The second kappa shape index (κ2) is 12.6. The molecule has 1 rings (SSSR count). The Morgan fingerprint density at radius 3 is 2.21 bits per heavy atom. The number of methoxy groups -OCH3 is 1. The van der Waals surface area contributed by atoms with E-state index in [4.69, 9.17) is 9.47 Å². The van der Waals surface area contributed by atoms with Gasteiger partial charge in [0.05, 0.1) is 7.11 Å². The van der Waals surface area contributed by atoms with Crippen molar-refractivity contribution in [2.45, 2.75) is 64.2 Å². The lowest BCUT2D eigenvalue weighted by Crippen LogP contribution is -2.21. The summed E-state index contributed by atoms with van der Waals surface area (Å²) in [6.07, 6.45) is 8.53. The molecule has 0 fully saturated rings. The molecule has 1 aromatic rings. The van der Waals surface area contributed by atoms with Gasteiger partial charge < -0.3 is 9.47 Å². The summed E-state index contributed by atoms with van der Waals surface area (Å²) in [5.41, 5.74) is 0.799. The Balaban J connectivity index is 2.28. The van der Waals surface area contributed by atoms with Crippen molar-refractivity contribution in [1.82, 2.24) is 0 Å². The van der Waals surface area contributed by atoms with E-state index in [1.54, 1.807) is 0 Å². The molecule has 0 aliphatic heterocycles. The normalized spacial score (nSPS) is 11.8. The SMILES string of the molecule is CCCCCCCCCC(=O)OCC(C(=O)OC)c1ccccc1. The van der Waals surface area contributed by atoms with Crippen molar-refractivity contribution >= 4 is 11.9 Å². The fraction of sp³-hybridized carbons (Fsp3) is 0.600. The molecule has 0 amide bonds. The van der Waals surface area contributed by atoms with E-state index < -0.39 is 5.92 Å². The first kappa shape index (κ1) is 20.2. The molecule has 1 aromatic carbocycles. The maximum atomic E-state index is 11.9. The van der Waals surface area contributed by atoms with Crippen molar-refractivity contribution in [3.8, 4) is 0 Å². The number of ether oxygens (including phenoxy) is 2. The molecule has 0 radical (unpaired) electrons. The largest absolute Gasteiger partial charge is 0.468 e. The second-order valence-electron chi connectivity index (χ2n) is 6.04. The summed E-state index contributed by atoms with van der Waals surface area (Å²) < 4.78 is 10.1. The topological polar surface area (TPSA) is 52.6 Å².